The van der Waals surface area contributed by atoms with Gasteiger partial charge in [0, 0.05) is 5.92 Å². The number of halogens is 1. The summed E-state index contributed by atoms with van der Waals surface area (Å²) in [5.74, 6) is 1.05. The minimum atomic E-state index is 0.484. The van der Waals surface area contributed by atoms with Crippen LogP contribution in [0.2, 0.25) is 0 Å². The zero-order valence-corrected chi connectivity index (χ0v) is 8.95. The molecule has 1 heterocycles. The van der Waals surface area contributed by atoms with E-state index >= 15 is 0 Å². The molecular weight excluding hydrogens is 192 g/mol. The van der Waals surface area contributed by atoms with Gasteiger partial charge in [0.2, 0.25) is 0 Å². The third-order valence-electron chi connectivity index (χ3n) is 1.93. The minimum absolute atomic E-state index is 0.484. The molecule has 0 fully saturated rings. The average molecular weight is 205 g/mol. The predicted molar refractivity (Wildman–Crippen MR) is 52.8 cm³/mol. The van der Waals surface area contributed by atoms with Crippen molar-refractivity contribution >= 4 is 22.9 Å². The Labute approximate surface area is 82.0 Å². The highest BCUT2D eigenvalue weighted by Crippen LogP contribution is 2.26. The van der Waals surface area contributed by atoms with Gasteiger partial charge in [0.25, 0.3) is 0 Å². The summed E-state index contributed by atoms with van der Waals surface area (Å²) in [6.07, 6.45) is 2.26. The van der Waals surface area contributed by atoms with Crippen LogP contribution in [0, 0.1) is 0 Å². The van der Waals surface area contributed by atoms with Crippen LogP contribution in [0.5, 0.6) is 0 Å². The molecule has 0 atom stereocenters. The van der Waals surface area contributed by atoms with Crippen molar-refractivity contribution < 1.29 is 0 Å². The lowest BCUT2D eigenvalue weighted by Gasteiger charge is -2.05. The topological polar surface area (TPSA) is 25.8 Å². The minimum Gasteiger partial charge on any atom is -0.143 e. The van der Waals surface area contributed by atoms with E-state index in [-0.39, 0.29) is 0 Å². The summed E-state index contributed by atoms with van der Waals surface area (Å²) in [4.78, 5) is 0. The van der Waals surface area contributed by atoms with Crippen molar-refractivity contribution in [2.24, 2.45) is 0 Å². The van der Waals surface area contributed by atoms with Gasteiger partial charge < -0.3 is 0 Å². The van der Waals surface area contributed by atoms with E-state index in [1.54, 1.807) is 11.3 Å². The van der Waals surface area contributed by atoms with Crippen LogP contribution in [-0.2, 0) is 5.88 Å². The second-order valence-corrected chi connectivity index (χ2v) is 4.04. The average Bonchev–Trinajstić information content (AvgIpc) is 2.55. The predicted octanol–water partition coefficient (Wildman–Crippen LogP) is 3.18. The lowest BCUT2D eigenvalue weighted by molar-refractivity contribution is 0.630. The molecule has 0 amide bonds. The van der Waals surface area contributed by atoms with Gasteiger partial charge in [-0.15, -0.1) is 21.8 Å². The number of rotatable bonds is 4. The van der Waals surface area contributed by atoms with Crippen LogP contribution >= 0.6 is 22.9 Å². The number of hydrogen-bond acceptors (Lipinski definition) is 3. The summed E-state index contributed by atoms with van der Waals surface area (Å²) in [5, 5.41) is 10.2. The summed E-state index contributed by atoms with van der Waals surface area (Å²) in [7, 11) is 0. The van der Waals surface area contributed by atoms with Crippen molar-refractivity contribution in [3.05, 3.63) is 10.0 Å². The van der Waals surface area contributed by atoms with Gasteiger partial charge in [0.05, 0.1) is 5.88 Å². The Morgan fingerprint density at radius 1 is 1.33 bits per heavy atom. The van der Waals surface area contributed by atoms with Gasteiger partial charge in [-0.3, -0.25) is 0 Å². The van der Waals surface area contributed by atoms with Crippen molar-refractivity contribution in [3.63, 3.8) is 0 Å². The molecule has 0 spiro atoms. The fourth-order valence-corrected chi connectivity index (χ4v) is 2.30. The van der Waals surface area contributed by atoms with Crippen LogP contribution in [0.15, 0.2) is 0 Å². The molecule has 68 valence electrons. The molecule has 0 aliphatic rings. The lowest BCUT2D eigenvalue weighted by atomic mass is 10.1. The van der Waals surface area contributed by atoms with E-state index in [2.05, 4.69) is 24.0 Å². The highest BCUT2D eigenvalue weighted by Gasteiger charge is 2.12. The third kappa shape index (κ3) is 2.17. The molecule has 1 aromatic heterocycles. The molecule has 0 aliphatic heterocycles. The number of hydrogen-bond donors (Lipinski definition) is 0. The molecule has 4 heteroatoms. The Bertz CT molecular complexity index is 233. The quantitative estimate of drug-likeness (QED) is 0.705. The highest BCUT2D eigenvalue weighted by atomic mass is 35.5. The maximum absolute atomic E-state index is 5.64. The van der Waals surface area contributed by atoms with Gasteiger partial charge in [-0.25, -0.2) is 0 Å². The largest absolute Gasteiger partial charge is 0.143 e. The van der Waals surface area contributed by atoms with Gasteiger partial charge in [0.15, 0.2) is 0 Å². The SMILES string of the molecule is CCC(CC)c1nnc(CCl)s1. The Morgan fingerprint density at radius 3 is 2.42 bits per heavy atom. The van der Waals surface area contributed by atoms with Crippen molar-refractivity contribution in [1.29, 1.82) is 0 Å². The first-order valence-corrected chi connectivity index (χ1v) is 5.55. The smallest absolute Gasteiger partial charge is 0.132 e. The van der Waals surface area contributed by atoms with E-state index in [4.69, 9.17) is 11.6 Å². The zero-order valence-electron chi connectivity index (χ0n) is 7.38. The van der Waals surface area contributed by atoms with Crippen molar-refractivity contribution in [2.75, 3.05) is 0 Å². The maximum atomic E-state index is 5.64. The molecule has 1 rings (SSSR count). The number of nitrogens with zero attached hydrogens (tertiary/aromatic N) is 2. The molecule has 0 saturated heterocycles. The first-order valence-electron chi connectivity index (χ1n) is 4.20. The Hall–Kier alpha value is -0.150. The Morgan fingerprint density at radius 2 is 2.00 bits per heavy atom. The molecule has 12 heavy (non-hydrogen) atoms. The van der Waals surface area contributed by atoms with Gasteiger partial charge >= 0.3 is 0 Å². The molecule has 2 nitrogen and oxygen atoms in total. The van der Waals surface area contributed by atoms with E-state index in [1.807, 2.05) is 0 Å². The van der Waals surface area contributed by atoms with E-state index < -0.39 is 0 Å². The van der Waals surface area contributed by atoms with Crippen LogP contribution in [0.3, 0.4) is 0 Å². The molecule has 0 aliphatic carbocycles. The maximum Gasteiger partial charge on any atom is 0.132 e. The van der Waals surface area contributed by atoms with Crippen LogP contribution in [0.25, 0.3) is 0 Å². The van der Waals surface area contributed by atoms with Crippen molar-refractivity contribution in [1.82, 2.24) is 10.2 Å². The molecular formula is C8H13ClN2S. The first-order chi connectivity index (χ1) is 5.81. The molecule has 0 bridgehead atoms. The molecule has 0 unspecified atom stereocenters. The van der Waals surface area contributed by atoms with Gasteiger partial charge in [-0.05, 0) is 12.8 Å². The normalized spacial score (nSPS) is 11.0. The van der Waals surface area contributed by atoms with E-state index in [0.717, 1.165) is 22.9 Å². The van der Waals surface area contributed by atoms with Gasteiger partial charge in [0.1, 0.15) is 10.0 Å². The first kappa shape index (κ1) is 9.93. The number of alkyl halides is 1. The van der Waals surface area contributed by atoms with Crippen molar-refractivity contribution in [2.45, 2.75) is 38.5 Å². The summed E-state index contributed by atoms with van der Waals surface area (Å²) in [6.45, 7) is 4.35. The zero-order chi connectivity index (χ0) is 8.97. The fraction of sp³-hybridized carbons (Fsp3) is 0.750. The van der Waals surface area contributed by atoms with Gasteiger partial charge in [-0.2, -0.15) is 0 Å². The van der Waals surface area contributed by atoms with Crippen molar-refractivity contribution in [3.8, 4) is 0 Å². The summed E-state index contributed by atoms with van der Waals surface area (Å²) < 4.78 is 0. The summed E-state index contributed by atoms with van der Waals surface area (Å²) in [5.41, 5.74) is 0. The van der Waals surface area contributed by atoms with E-state index in [0.29, 0.717) is 11.8 Å². The molecule has 0 N–H and O–H groups in total. The van der Waals surface area contributed by atoms with Crippen LogP contribution < -0.4 is 0 Å². The fourth-order valence-electron chi connectivity index (χ4n) is 1.12. The molecule has 0 radical (unpaired) electrons. The van der Waals surface area contributed by atoms with E-state index in [1.165, 1.54) is 0 Å². The Balaban J connectivity index is 2.72. The van der Waals surface area contributed by atoms with Crippen LogP contribution in [0.1, 0.15) is 42.6 Å². The van der Waals surface area contributed by atoms with Crippen LogP contribution in [0.4, 0.5) is 0 Å². The van der Waals surface area contributed by atoms with Crippen LogP contribution in [-0.4, -0.2) is 10.2 Å². The second kappa shape index (κ2) is 4.77. The van der Waals surface area contributed by atoms with E-state index in [9.17, 15) is 0 Å². The lowest BCUT2D eigenvalue weighted by Crippen LogP contribution is -1.93. The second-order valence-electron chi connectivity index (χ2n) is 2.68. The summed E-state index contributed by atoms with van der Waals surface area (Å²) >= 11 is 7.28. The summed E-state index contributed by atoms with van der Waals surface area (Å²) in [6, 6.07) is 0. The highest BCUT2D eigenvalue weighted by molar-refractivity contribution is 7.11. The third-order valence-corrected chi connectivity index (χ3v) is 3.43. The van der Waals surface area contributed by atoms with Gasteiger partial charge in [-0.1, -0.05) is 25.2 Å². The molecule has 0 saturated carbocycles. The molecule has 0 aromatic carbocycles. The standard InChI is InChI=1S/C8H13ClN2S/c1-3-6(4-2)8-11-10-7(5-9)12-8/h6H,3-5H2,1-2H3. The monoisotopic (exact) mass is 204 g/mol. The Kier molecular flexibility index (Phi) is 3.95. The molecule has 1 aromatic rings. The number of aromatic nitrogens is 2.